The van der Waals surface area contributed by atoms with Gasteiger partial charge in [-0.1, -0.05) is 20.8 Å². The molecule has 0 bridgehead atoms. The van der Waals surface area contributed by atoms with Crippen LogP contribution < -0.4 is 4.74 Å². The number of amides is 1. The quantitative estimate of drug-likeness (QED) is 0.607. The Hall–Kier alpha value is -2.49. The lowest BCUT2D eigenvalue weighted by Crippen LogP contribution is -2.53. The van der Waals surface area contributed by atoms with E-state index >= 15 is 0 Å². The van der Waals surface area contributed by atoms with Gasteiger partial charge in [0, 0.05) is 36.6 Å². The standard InChI is InChI=1S/C25H33N3O5S/c1-15(25(2,3)4)33-19-10-17-11-28(24(30)31)21(13-27(17)12-19)23-26-20(14-34-23)22(29)16-6-8-18(32-5)9-7-16/h6-9,14-15,17,19,21H,10-13H2,1-5H3,(H,30,31)/t15?,17-,19-,21+/m1/s1. The van der Waals surface area contributed by atoms with E-state index in [2.05, 4.69) is 37.6 Å². The van der Waals surface area contributed by atoms with Gasteiger partial charge in [0.25, 0.3) is 0 Å². The van der Waals surface area contributed by atoms with Crippen LogP contribution in [0.2, 0.25) is 0 Å². The molecule has 1 aromatic carbocycles. The molecule has 8 nitrogen and oxygen atoms in total. The zero-order chi connectivity index (χ0) is 24.6. The molecule has 3 heterocycles. The number of carbonyl (C=O) groups excluding carboxylic acids is 1. The molecule has 2 aliphatic heterocycles. The van der Waals surface area contributed by atoms with Crippen molar-refractivity contribution in [3.8, 4) is 5.75 Å². The maximum atomic E-state index is 12.9. The molecule has 4 atom stereocenters. The minimum Gasteiger partial charge on any atom is -0.497 e. The molecule has 1 unspecified atom stereocenters. The summed E-state index contributed by atoms with van der Waals surface area (Å²) in [5, 5.41) is 12.3. The van der Waals surface area contributed by atoms with Crippen molar-refractivity contribution in [2.24, 2.45) is 5.41 Å². The number of hydrogen-bond donors (Lipinski definition) is 1. The van der Waals surface area contributed by atoms with Crippen molar-refractivity contribution >= 4 is 23.2 Å². The molecule has 0 spiro atoms. The molecule has 184 valence electrons. The summed E-state index contributed by atoms with van der Waals surface area (Å²) in [6.07, 6.45) is 0.0406. The topological polar surface area (TPSA) is 92.2 Å². The smallest absolute Gasteiger partial charge is 0.407 e. The Bertz CT molecular complexity index is 1030. The average Bonchev–Trinajstić information content (AvgIpc) is 3.43. The summed E-state index contributed by atoms with van der Waals surface area (Å²) >= 11 is 1.34. The van der Waals surface area contributed by atoms with Crippen molar-refractivity contribution in [2.45, 2.75) is 58.4 Å². The highest BCUT2D eigenvalue weighted by Crippen LogP contribution is 2.36. The van der Waals surface area contributed by atoms with Gasteiger partial charge in [-0.3, -0.25) is 14.6 Å². The zero-order valence-corrected chi connectivity index (χ0v) is 21.2. The number of nitrogens with zero attached hydrogens (tertiary/aromatic N) is 3. The van der Waals surface area contributed by atoms with Gasteiger partial charge < -0.3 is 14.6 Å². The number of piperazine rings is 1. The third kappa shape index (κ3) is 5.11. The number of ether oxygens (including phenoxy) is 2. The number of thiazole rings is 1. The largest absolute Gasteiger partial charge is 0.497 e. The number of ketones is 1. The summed E-state index contributed by atoms with van der Waals surface area (Å²) in [6, 6.07) is 6.61. The third-order valence-electron chi connectivity index (χ3n) is 6.93. The van der Waals surface area contributed by atoms with E-state index in [0.29, 0.717) is 35.1 Å². The van der Waals surface area contributed by atoms with E-state index < -0.39 is 12.1 Å². The Balaban J connectivity index is 1.49. The summed E-state index contributed by atoms with van der Waals surface area (Å²) in [7, 11) is 1.58. The predicted molar refractivity (Wildman–Crippen MR) is 130 cm³/mol. The summed E-state index contributed by atoms with van der Waals surface area (Å²) in [5.41, 5.74) is 0.898. The van der Waals surface area contributed by atoms with Gasteiger partial charge >= 0.3 is 6.09 Å². The molecule has 0 aliphatic carbocycles. The molecular formula is C25H33N3O5S. The Morgan fingerprint density at radius 2 is 1.88 bits per heavy atom. The van der Waals surface area contributed by atoms with Gasteiger partial charge in [0.2, 0.25) is 5.78 Å². The maximum Gasteiger partial charge on any atom is 0.407 e. The van der Waals surface area contributed by atoms with Gasteiger partial charge in [-0.25, -0.2) is 9.78 Å². The minimum atomic E-state index is -0.963. The van der Waals surface area contributed by atoms with Crippen LogP contribution in [-0.4, -0.2) is 76.8 Å². The van der Waals surface area contributed by atoms with E-state index in [0.717, 1.165) is 13.0 Å². The van der Waals surface area contributed by atoms with Crippen LogP contribution in [0.5, 0.6) is 5.75 Å². The average molecular weight is 488 g/mol. The Morgan fingerprint density at radius 3 is 2.50 bits per heavy atom. The Kier molecular flexibility index (Phi) is 6.98. The molecule has 0 radical (unpaired) electrons. The van der Waals surface area contributed by atoms with Crippen molar-refractivity contribution in [3.05, 3.63) is 45.9 Å². The molecular weight excluding hydrogens is 454 g/mol. The first-order chi connectivity index (χ1) is 16.1. The summed E-state index contributed by atoms with van der Waals surface area (Å²) in [4.78, 5) is 33.4. The first-order valence-corrected chi connectivity index (χ1v) is 12.5. The lowest BCUT2D eigenvalue weighted by Gasteiger charge is -2.41. The van der Waals surface area contributed by atoms with E-state index in [1.54, 1.807) is 36.8 Å². The number of carboxylic acid groups (broad SMARTS) is 1. The van der Waals surface area contributed by atoms with Gasteiger partial charge in [-0.05, 0) is 43.0 Å². The normalized spacial score (nSPS) is 24.0. The van der Waals surface area contributed by atoms with Crippen molar-refractivity contribution in [1.29, 1.82) is 0 Å². The molecule has 2 aliphatic rings. The number of carbonyl (C=O) groups is 2. The second-order valence-corrected chi connectivity index (χ2v) is 11.1. The van der Waals surface area contributed by atoms with Crippen LogP contribution in [-0.2, 0) is 4.74 Å². The molecule has 1 aromatic heterocycles. The number of rotatable bonds is 6. The molecule has 34 heavy (non-hydrogen) atoms. The molecule has 2 fully saturated rings. The molecule has 0 saturated carbocycles. The molecule has 4 rings (SSSR count). The second kappa shape index (κ2) is 9.64. The van der Waals surface area contributed by atoms with Crippen LogP contribution in [0.25, 0.3) is 0 Å². The molecule has 2 aromatic rings. The highest BCUT2D eigenvalue weighted by molar-refractivity contribution is 7.10. The van der Waals surface area contributed by atoms with Gasteiger partial charge in [-0.2, -0.15) is 0 Å². The number of aromatic nitrogens is 1. The van der Waals surface area contributed by atoms with Crippen molar-refractivity contribution in [1.82, 2.24) is 14.8 Å². The van der Waals surface area contributed by atoms with Gasteiger partial charge in [0.05, 0.1) is 25.4 Å². The van der Waals surface area contributed by atoms with Crippen LogP contribution in [0.3, 0.4) is 0 Å². The predicted octanol–water partition coefficient (Wildman–Crippen LogP) is 4.31. The van der Waals surface area contributed by atoms with E-state index in [-0.39, 0.29) is 29.4 Å². The van der Waals surface area contributed by atoms with Gasteiger partial charge in [0.15, 0.2) is 0 Å². The fourth-order valence-corrected chi connectivity index (χ4v) is 5.38. The van der Waals surface area contributed by atoms with Crippen LogP contribution in [0.1, 0.15) is 61.2 Å². The monoisotopic (exact) mass is 487 g/mol. The van der Waals surface area contributed by atoms with Crippen LogP contribution >= 0.6 is 11.3 Å². The minimum absolute atomic E-state index is 0.0481. The second-order valence-electron chi connectivity index (χ2n) is 10.2. The Labute approximate surface area is 204 Å². The Morgan fingerprint density at radius 1 is 1.18 bits per heavy atom. The van der Waals surface area contributed by atoms with Crippen LogP contribution in [0.15, 0.2) is 29.6 Å². The lowest BCUT2D eigenvalue weighted by molar-refractivity contribution is -0.0506. The SMILES string of the molecule is COc1ccc(C(=O)c2csc([C@@H]3CN4C[C@H](OC(C)C(C)(C)C)C[C@@H]4CN3C(=O)O)n2)cc1. The van der Waals surface area contributed by atoms with E-state index in [4.69, 9.17) is 9.47 Å². The first kappa shape index (κ1) is 24.6. The molecule has 9 heteroatoms. The molecule has 1 amide bonds. The highest BCUT2D eigenvalue weighted by Gasteiger charge is 2.44. The number of hydrogen-bond acceptors (Lipinski definition) is 7. The zero-order valence-electron chi connectivity index (χ0n) is 20.4. The number of benzene rings is 1. The van der Waals surface area contributed by atoms with Gasteiger partial charge in [-0.15, -0.1) is 11.3 Å². The third-order valence-corrected chi connectivity index (χ3v) is 7.88. The lowest BCUT2D eigenvalue weighted by atomic mass is 9.90. The van der Waals surface area contributed by atoms with Crippen LogP contribution in [0, 0.1) is 5.41 Å². The highest BCUT2D eigenvalue weighted by atomic mass is 32.1. The maximum absolute atomic E-state index is 12.9. The van der Waals surface area contributed by atoms with Crippen molar-refractivity contribution in [2.75, 3.05) is 26.7 Å². The van der Waals surface area contributed by atoms with Crippen LogP contribution in [0.4, 0.5) is 4.79 Å². The van der Waals surface area contributed by atoms with E-state index in [1.165, 1.54) is 16.2 Å². The summed E-state index contributed by atoms with van der Waals surface area (Å²) in [6.45, 7) is 10.3. The van der Waals surface area contributed by atoms with Crippen molar-refractivity contribution in [3.63, 3.8) is 0 Å². The van der Waals surface area contributed by atoms with Crippen molar-refractivity contribution < 1.29 is 24.2 Å². The molecule has 2 saturated heterocycles. The molecule has 1 N–H and O–H groups in total. The fourth-order valence-electron chi connectivity index (χ4n) is 4.48. The summed E-state index contributed by atoms with van der Waals surface area (Å²) in [5.74, 6) is 0.487. The number of fused-ring (bicyclic) bond motifs is 1. The first-order valence-electron chi connectivity index (χ1n) is 11.6. The number of methoxy groups -OCH3 is 1. The van der Waals surface area contributed by atoms with Gasteiger partial charge in [0.1, 0.15) is 16.5 Å². The fraction of sp³-hybridized carbons (Fsp3) is 0.560. The summed E-state index contributed by atoms with van der Waals surface area (Å²) < 4.78 is 11.5. The van der Waals surface area contributed by atoms with E-state index in [9.17, 15) is 14.7 Å². The van der Waals surface area contributed by atoms with E-state index in [1.807, 2.05) is 0 Å².